The molecule has 4 bridgehead atoms. The molecule has 0 amide bonds. The summed E-state index contributed by atoms with van der Waals surface area (Å²) in [5.74, 6) is 7.04. The van der Waals surface area contributed by atoms with Crippen LogP contribution in [0.2, 0.25) is 0 Å². The minimum atomic E-state index is -0.0115. The molecule has 1 aliphatic heterocycles. The van der Waals surface area contributed by atoms with Gasteiger partial charge in [0, 0.05) is 50.4 Å². The van der Waals surface area contributed by atoms with E-state index >= 15 is 0 Å². The third-order valence-corrected chi connectivity index (χ3v) is 14.6. The summed E-state index contributed by atoms with van der Waals surface area (Å²) >= 11 is 0. The zero-order valence-corrected chi connectivity index (χ0v) is 33.7. The molecule has 61 heavy (non-hydrogen) atoms. The highest BCUT2D eigenvalue weighted by Gasteiger charge is 2.61. The van der Waals surface area contributed by atoms with Crippen LogP contribution in [0.15, 0.2) is 170 Å². The van der Waals surface area contributed by atoms with E-state index < -0.39 is 0 Å². The molecule has 5 nitrogen and oxygen atoms in total. The Bertz CT molecular complexity index is 3160. The predicted molar refractivity (Wildman–Crippen MR) is 244 cm³/mol. The van der Waals surface area contributed by atoms with E-state index in [4.69, 9.17) is 24.7 Å². The van der Waals surface area contributed by atoms with Gasteiger partial charge < -0.3 is 4.74 Å². The molecule has 4 saturated carbocycles. The number of rotatable bonds is 5. The summed E-state index contributed by atoms with van der Waals surface area (Å²) in [6, 6.07) is 58.3. The fourth-order valence-corrected chi connectivity index (χ4v) is 12.3. The van der Waals surface area contributed by atoms with Crippen molar-refractivity contribution in [3.05, 3.63) is 181 Å². The van der Waals surface area contributed by atoms with Crippen molar-refractivity contribution in [2.45, 2.75) is 37.5 Å². The number of aromatic nitrogens is 4. The lowest BCUT2D eigenvalue weighted by molar-refractivity contribution is -0.0452. The van der Waals surface area contributed by atoms with E-state index in [1.165, 1.54) is 59.7 Å². The molecule has 3 heterocycles. The van der Waals surface area contributed by atoms with Crippen LogP contribution < -0.4 is 4.74 Å². The Balaban J connectivity index is 0.936. The zero-order valence-electron chi connectivity index (χ0n) is 33.7. The van der Waals surface area contributed by atoms with Crippen molar-refractivity contribution in [3.8, 4) is 67.9 Å². The molecule has 9 aromatic rings. The average molecular weight is 787 g/mol. The molecule has 2 aromatic heterocycles. The third-order valence-electron chi connectivity index (χ3n) is 14.6. The Morgan fingerprint density at radius 3 is 1.82 bits per heavy atom. The number of ether oxygens (including phenoxy) is 1. The van der Waals surface area contributed by atoms with E-state index in [0.29, 0.717) is 29.3 Å². The quantitative estimate of drug-likeness (QED) is 0.174. The first-order valence-electron chi connectivity index (χ1n) is 21.9. The topological polar surface area (TPSA) is 60.8 Å². The van der Waals surface area contributed by atoms with E-state index in [2.05, 4.69) is 140 Å². The highest BCUT2D eigenvalue weighted by Crippen LogP contribution is 2.69. The summed E-state index contributed by atoms with van der Waals surface area (Å²) in [5, 5.41) is 3.40. The molecular weight excluding hydrogens is 745 g/mol. The number of hydrogen-bond acceptors (Lipinski definition) is 5. The Labute approximate surface area is 355 Å². The lowest BCUT2D eigenvalue weighted by Crippen LogP contribution is -2.56. The van der Waals surface area contributed by atoms with Crippen LogP contribution in [-0.4, -0.2) is 19.9 Å². The second-order valence-electron chi connectivity index (χ2n) is 17.8. The summed E-state index contributed by atoms with van der Waals surface area (Å²) in [4.78, 5) is 20.2. The molecule has 292 valence electrons. The molecule has 5 aliphatic rings. The van der Waals surface area contributed by atoms with Crippen LogP contribution in [0.25, 0.3) is 78.1 Å². The SMILES string of the molecule is c1ccc(-c2nc(-c3ccc(-c4cccc5cccnc45)cc3)nc(-c3ccc(-c4ccc5c(c4)C4(c6ccccc6O5)C5CC6CC(C5)CC4C6)c4ccccc34)n2)cc1. The van der Waals surface area contributed by atoms with Crippen LogP contribution in [0.1, 0.15) is 43.2 Å². The predicted octanol–water partition coefficient (Wildman–Crippen LogP) is 13.8. The van der Waals surface area contributed by atoms with Gasteiger partial charge in [0.1, 0.15) is 11.5 Å². The molecule has 0 atom stereocenters. The van der Waals surface area contributed by atoms with Gasteiger partial charge in [0.25, 0.3) is 0 Å². The zero-order chi connectivity index (χ0) is 40.1. The maximum absolute atomic E-state index is 6.78. The van der Waals surface area contributed by atoms with Gasteiger partial charge in [-0.1, -0.05) is 133 Å². The molecule has 0 radical (unpaired) electrons. The first kappa shape index (κ1) is 34.8. The largest absolute Gasteiger partial charge is 0.457 e. The normalized spacial score (nSPS) is 22.0. The number of para-hydroxylation sites is 2. The Kier molecular flexibility index (Phi) is 7.72. The minimum Gasteiger partial charge on any atom is -0.457 e. The summed E-state index contributed by atoms with van der Waals surface area (Å²) in [6.45, 7) is 0. The third kappa shape index (κ3) is 5.39. The van der Waals surface area contributed by atoms with Crippen molar-refractivity contribution in [1.82, 2.24) is 19.9 Å². The van der Waals surface area contributed by atoms with Gasteiger partial charge >= 0.3 is 0 Å². The number of hydrogen-bond donors (Lipinski definition) is 0. The van der Waals surface area contributed by atoms with Crippen molar-refractivity contribution in [1.29, 1.82) is 0 Å². The Morgan fingerprint density at radius 1 is 0.426 bits per heavy atom. The van der Waals surface area contributed by atoms with Gasteiger partial charge in [-0.15, -0.1) is 0 Å². The van der Waals surface area contributed by atoms with Crippen molar-refractivity contribution in [2.24, 2.45) is 23.7 Å². The molecule has 14 rings (SSSR count). The molecule has 0 saturated heterocycles. The summed E-state index contributed by atoms with van der Waals surface area (Å²) in [5.41, 5.74) is 11.3. The summed E-state index contributed by atoms with van der Waals surface area (Å²) < 4.78 is 6.78. The monoisotopic (exact) mass is 786 g/mol. The maximum atomic E-state index is 6.78. The van der Waals surface area contributed by atoms with Crippen LogP contribution in [0.3, 0.4) is 0 Å². The van der Waals surface area contributed by atoms with E-state index in [1.807, 2.05) is 30.5 Å². The average Bonchev–Trinajstić information content (AvgIpc) is 3.32. The number of fused-ring (bicyclic) bond motifs is 4. The lowest BCUT2D eigenvalue weighted by Gasteiger charge is -2.63. The highest BCUT2D eigenvalue weighted by molar-refractivity contribution is 6.04. The first-order valence-corrected chi connectivity index (χ1v) is 21.9. The molecule has 4 fully saturated rings. The van der Waals surface area contributed by atoms with Gasteiger partial charge in [0.2, 0.25) is 0 Å². The van der Waals surface area contributed by atoms with E-state index in [-0.39, 0.29) is 5.41 Å². The molecule has 5 heteroatoms. The van der Waals surface area contributed by atoms with Crippen LogP contribution in [0.4, 0.5) is 0 Å². The minimum absolute atomic E-state index is 0.0115. The molecular formula is C56H42N4O. The van der Waals surface area contributed by atoms with E-state index in [1.54, 1.807) is 0 Å². The second kappa shape index (κ2) is 13.5. The van der Waals surface area contributed by atoms with Gasteiger partial charge in [0.15, 0.2) is 17.5 Å². The molecule has 4 aliphatic carbocycles. The Hall–Kier alpha value is -6.98. The van der Waals surface area contributed by atoms with Gasteiger partial charge in [-0.3, -0.25) is 4.98 Å². The highest BCUT2D eigenvalue weighted by atomic mass is 16.5. The van der Waals surface area contributed by atoms with Crippen molar-refractivity contribution >= 4 is 21.7 Å². The number of pyridine rings is 1. The fourth-order valence-electron chi connectivity index (χ4n) is 12.3. The van der Waals surface area contributed by atoms with Crippen LogP contribution in [-0.2, 0) is 5.41 Å². The van der Waals surface area contributed by atoms with Crippen LogP contribution in [0.5, 0.6) is 11.5 Å². The van der Waals surface area contributed by atoms with Crippen LogP contribution >= 0.6 is 0 Å². The van der Waals surface area contributed by atoms with Crippen molar-refractivity contribution in [2.75, 3.05) is 0 Å². The summed E-state index contributed by atoms with van der Waals surface area (Å²) in [7, 11) is 0. The maximum Gasteiger partial charge on any atom is 0.164 e. The lowest BCUT2D eigenvalue weighted by atomic mass is 9.41. The van der Waals surface area contributed by atoms with Crippen molar-refractivity contribution < 1.29 is 4.74 Å². The molecule has 7 aromatic carbocycles. The molecule has 0 unspecified atom stereocenters. The van der Waals surface area contributed by atoms with Crippen molar-refractivity contribution in [3.63, 3.8) is 0 Å². The standard InChI is InChI=1S/C56H42N4O/c1-2-10-38(11-3-1)53-58-54(39-21-19-36(20-22-39)44-16-8-12-37-13-9-27-57-52(37)44)60-55(59-53)47-25-24-43(45-14-4-5-15-46(45)47)40-23-26-51-49(33-40)56(48-17-6-7-18-50(48)61-51)41-29-34-28-35(31-41)32-42(56)30-34/h1-27,33-35,41-42H,28-32H2. The molecule has 1 spiro atoms. The van der Waals surface area contributed by atoms with E-state index in [9.17, 15) is 0 Å². The molecule has 0 N–H and O–H groups in total. The summed E-state index contributed by atoms with van der Waals surface area (Å²) in [6.07, 6.45) is 8.59. The van der Waals surface area contributed by atoms with Gasteiger partial charge in [-0.2, -0.15) is 0 Å². The Morgan fingerprint density at radius 2 is 1.03 bits per heavy atom. The van der Waals surface area contributed by atoms with Gasteiger partial charge in [0.05, 0.1) is 5.52 Å². The van der Waals surface area contributed by atoms with E-state index in [0.717, 1.165) is 67.4 Å². The van der Waals surface area contributed by atoms with Gasteiger partial charge in [-0.05, 0) is 114 Å². The number of benzene rings is 7. The first-order chi connectivity index (χ1) is 30.2. The fraction of sp³-hybridized carbons (Fsp3) is 0.179. The second-order valence-corrected chi connectivity index (χ2v) is 17.8. The number of nitrogens with zero attached hydrogens (tertiary/aromatic N) is 4. The van der Waals surface area contributed by atoms with Gasteiger partial charge in [-0.25, -0.2) is 15.0 Å². The smallest absolute Gasteiger partial charge is 0.164 e. The van der Waals surface area contributed by atoms with Crippen LogP contribution in [0, 0.1) is 23.7 Å².